The molecule has 0 radical (unpaired) electrons. The van der Waals surface area contributed by atoms with E-state index >= 15 is 0 Å². The lowest BCUT2D eigenvalue weighted by Gasteiger charge is -2.29. The number of carbonyl (C=O) groups is 1. The van der Waals surface area contributed by atoms with E-state index in [1.807, 2.05) is 24.3 Å². The van der Waals surface area contributed by atoms with E-state index in [2.05, 4.69) is 4.98 Å². The van der Waals surface area contributed by atoms with Crippen LogP contribution in [0.1, 0.15) is 10.5 Å². The van der Waals surface area contributed by atoms with Gasteiger partial charge in [0.2, 0.25) is 5.56 Å². The molecule has 0 unspecified atom stereocenters. The molecule has 1 aromatic heterocycles. The van der Waals surface area contributed by atoms with Crippen molar-refractivity contribution in [1.29, 1.82) is 0 Å². The third-order valence-electron chi connectivity index (χ3n) is 2.97. The van der Waals surface area contributed by atoms with Crippen LogP contribution < -0.4 is 15.2 Å². The Bertz CT molecular complexity index is 678. The minimum absolute atomic E-state index is 0.228. The molecule has 0 spiro atoms. The summed E-state index contributed by atoms with van der Waals surface area (Å²) in [6, 6.07) is 11.9. The molecule has 0 atom stereocenters. The third-order valence-corrected chi connectivity index (χ3v) is 2.97. The number of hydrogen-bond acceptors (Lipinski definition) is 3. The standard InChI is InChI=1S/C14H12N2O3/c17-13-7-3-4-10(15-13)14(18)16-8-9-19-12-6-2-1-5-11(12)16/h1-7H,8-9H2,(H,15,17). The highest BCUT2D eigenvalue weighted by Gasteiger charge is 2.24. The SMILES string of the molecule is O=C(c1cccc(=O)[nH]1)N1CCOc2ccccc21. The predicted molar refractivity (Wildman–Crippen MR) is 70.7 cm³/mol. The van der Waals surface area contributed by atoms with Gasteiger partial charge in [0.15, 0.2) is 0 Å². The zero-order valence-electron chi connectivity index (χ0n) is 10.1. The zero-order valence-corrected chi connectivity index (χ0v) is 10.1. The Kier molecular flexibility index (Phi) is 2.79. The number of nitrogens with zero attached hydrogens (tertiary/aromatic N) is 1. The number of H-pyrrole nitrogens is 1. The molecule has 0 aliphatic carbocycles. The van der Waals surface area contributed by atoms with Gasteiger partial charge in [0.1, 0.15) is 18.1 Å². The summed E-state index contributed by atoms with van der Waals surface area (Å²) in [6.45, 7) is 0.909. The van der Waals surface area contributed by atoms with Crippen LogP contribution in [-0.2, 0) is 0 Å². The lowest BCUT2D eigenvalue weighted by Crippen LogP contribution is -2.38. The summed E-state index contributed by atoms with van der Waals surface area (Å²) in [5, 5.41) is 0. The van der Waals surface area contributed by atoms with Crippen LogP contribution in [0, 0.1) is 0 Å². The summed E-state index contributed by atoms with van der Waals surface area (Å²) in [4.78, 5) is 27.8. The van der Waals surface area contributed by atoms with Crippen LogP contribution in [0.15, 0.2) is 47.3 Å². The van der Waals surface area contributed by atoms with Crippen LogP contribution in [0.25, 0.3) is 0 Å². The number of rotatable bonds is 1. The fourth-order valence-electron chi connectivity index (χ4n) is 2.10. The van der Waals surface area contributed by atoms with Gasteiger partial charge in [0.05, 0.1) is 12.2 Å². The first-order chi connectivity index (χ1) is 9.25. The number of carbonyl (C=O) groups excluding carboxylic acids is 1. The second-order valence-corrected chi connectivity index (χ2v) is 4.20. The van der Waals surface area contributed by atoms with Gasteiger partial charge in [0.25, 0.3) is 5.91 Å². The average molecular weight is 256 g/mol. The van der Waals surface area contributed by atoms with E-state index in [4.69, 9.17) is 4.74 Å². The number of hydrogen-bond donors (Lipinski definition) is 1. The van der Waals surface area contributed by atoms with Crippen molar-refractivity contribution >= 4 is 11.6 Å². The first-order valence-electron chi connectivity index (χ1n) is 5.99. The molecule has 1 amide bonds. The highest BCUT2D eigenvalue weighted by molar-refractivity contribution is 6.05. The number of para-hydroxylation sites is 2. The molecule has 0 bridgehead atoms. The van der Waals surface area contributed by atoms with Gasteiger partial charge in [-0.15, -0.1) is 0 Å². The Morgan fingerprint density at radius 3 is 2.84 bits per heavy atom. The largest absolute Gasteiger partial charge is 0.490 e. The van der Waals surface area contributed by atoms with E-state index in [-0.39, 0.29) is 17.2 Å². The smallest absolute Gasteiger partial charge is 0.275 e. The molecule has 1 N–H and O–H groups in total. The lowest BCUT2D eigenvalue weighted by molar-refractivity contribution is 0.0971. The lowest BCUT2D eigenvalue weighted by atomic mass is 10.2. The van der Waals surface area contributed by atoms with Gasteiger partial charge < -0.3 is 14.6 Å². The first-order valence-corrected chi connectivity index (χ1v) is 5.99. The summed E-state index contributed by atoms with van der Waals surface area (Å²) in [5.74, 6) is 0.453. The molecular formula is C14H12N2O3. The van der Waals surface area contributed by atoms with E-state index in [0.717, 1.165) is 5.69 Å². The van der Waals surface area contributed by atoms with Crippen molar-refractivity contribution in [2.45, 2.75) is 0 Å². The van der Waals surface area contributed by atoms with Gasteiger partial charge in [0, 0.05) is 6.07 Å². The summed E-state index contributed by atoms with van der Waals surface area (Å²) < 4.78 is 5.50. The van der Waals surface area contributed by atoms with Crippen molar-refractivity contribution in [3.05, 3.63) is 58.5 Å². The fraction of sp³-hybridized carbons (Fsp3) is 0.143. The van der Waals surface area contributed by atoms with Crippen LogP contribution in [0.5, 0.6) is 5.75 Å². The normalized spacial score (nSPS) is 13.6. The molecule has 2 heterocycles. The molecule has 2 aromatic rings. The van der Waals surface area contributed by atoms with Crippen molar-refractivity contribution in [2.75, 3.05) is 18.1 Å². The maximum absolute atomic E-state index is 12.4. The van der Waals surface area contributed by atoms with Crippen molar-refractivity contribution in [3.63, 3.8) is 0 Å². The van der Waals surface area contributed by atoms with Crippen molar-refractivity contribution in [1.82, 2.24) is 4.98 Å². The number of aromatic amines is 1. The Morgan fingerprint density at radius 2 is 2.00 bits per heavy atom. The Hall–Kier alpha value is -2.56. The number of amides is 1. The molecule has 0 fully saturated rings. The second-order valence-electron chi connectivity index (χ2n) is 4.20. The summed E-state index contributed by atoms with van der Waals surface area (Å²) in [6.07, 6.45) is 0. The van der Waals surface area contributed by atoms with E-state index in [1.165, 1.54) is 6.07 Å². The number of ether oxygens (including phenoxy) is 1. The summed E-state index contributed by atoms with van der Waals surface area (Å²) in [5.41, 5.74) is 0.722. The molecule has 1 aromatic carbocycles. The minimum Gasteiger partial charge on any atom is -0.490 e. The van der Waals surface area contributed by atoms with Gasteiger partial charge in [-0.3, -0.25) is 9.59 Å². The average Bonchev–Trinajstić information content (AvgIpc) is 2.46. The molecule has 96 valence electrons. The zero-order chi connectivity index (χ0) is 13.2. The maximum atomic E-state index is 12.4. The Morgan fingerprint density at radius 1 is 1.16 bits per heavy atom. The molecule has 3 rings (SSSR count). The van der Waals surface area contributed by atoms with Crippen LogP contribution in [0.3, 0.4) is 0 Å². The van der Waals surface area contributed by atoms with E-state index in [1.54, 1.807) is 17.0 Å². The van der Waals surface area contributed by atoms with E-state index in [9.17, 15) is 9.59 Å². The number of fused-ring (bicyclic) bond motifs is 1. The molecule has 19 heavy (non-hydrogen) atoms. The van der Waals surface area contributed by atoms with Gasteiger partial charge >= 0.3 is 0 Å². The topological polar surface area (TPSA) is 62.4 Å². The number of pyridine rings is 1. The highest BCUT2D eigenvalue weighted by Crippen LogP contribution is 2.31. The minimum atomic E-state index is -0.285. The van der Waals surface area contributed by atoms with Crippen molar-refractivity contribution in [3.8, 4) is 5.75 Å². The number of benzene rings is 1. The summed E-state index contributed by atoms with van der Waals surface area (Å²) >= 11 is 0. The molecule has 0 saturated heterocycles. The molecule has 0 saturated carbocycles. The molecule has 1 aliphatic rings. The summed E-state index contributed by atoms with van der Waals surface area (Å²) in [7, 11) is 0. The van der Waals surface area contributed by atoms with Crippen molar-refractivity contribution in [2.24, 2.45) is 0 Å². The predicted octanol–water partition coefficient (Wildman–Crippen LogP) is 1.41. The molecule has 5 heteroatoms. The van der Waals surface area contributed by atoms with Crippen LogP contribution >= 0.6 is 0 Å². The molecular weight excluding hydrogens is 244 g/mol. The van der Waals surface area contributed by atoms with Crippen LogP contribution in [0.2, 0.25) is 0 Å². The molecule has 1 aliphatic heterocycles. The molecule has 5 nitrogen and oxygen atoms in total. The number of aromatic nitrogens is 1. The van der Waals surface area contributed by atoms with Gasteiger partial charge in [-0.1, -0.05) is 18.2 Å². The quantitative estimate of drug-likeness (QED) is 0.839. The first kappa shape index (κ1) is 11.5. The van der Waals surface area contributed by atoms with Crippen molar-refractivity contribution < 1.29 is 9.53 Å². The Balaban J connectivity index is 2.00. The van der Waals surface area contributed by atoms with E-state index < -0.39 is 0 Å². The monoisotopic (exact) mass is 256 g/mol. The number of anilines is 1. The van der Waals surface area contributed by atoms with Crippen LogP contribution in [0.4, 0.5) is 5.69 Å². The van der Waals surface area contributed by atoms with E-state index in [0.29, 0.717) is 18.9 Å². The van der Waals surface area contributed by atoms with Gasteiger partial charge in [-0.25, -0.2) is 0 Å². The third kappa shape index (κ3) is 2.10. The maximum Gasteiger partial charge on any atom is 0.275 e. The van der Waals surface area contributed by atoms with Gasteiger partial charge in [-0.2, -0.15) is 0 Å². The second kappa shape index (κ2) is 4.61. The van der Waals surface area contributed by atoms with Crippen LogP contribution in [-0.4, -0.2) is 24.0 Å². The number of nitrogens with one attached hydrogen (secondary N) is 1. The Labute approximate surface area is 109 Å². The van der Waals surface area contributed by atoms with Gasteiger partial charge in [-0.05, 0) is 18.2 Å². The highest BCUT2D eigenvalue weighted by atomic mass is 16.5. The fourth-order valence-corrected chi connectivity index (χ4v) is 2.10.